The summed E-state index contributed by atoms with van der Waals surface area (Å²) in [7, 11) is 1.67. The number of halogens is 1. The van der Waals surface area contributed by atoms with Gasteiger partial charge in [0.25, 0.3) is 0 Å². The van der Waals surface area contributed by atoms with Crippen LogP contribution in [-0.2, 0) is 13.6 Å². The van der Waals surface area contributed by atoms with Crippen molar-refractivity contribution in [1.29, 1.82) is 0 Å². The third-order valence-electron chi connectivity index (χ3n) is 2.97. The van der Waals surface area contributed by atoms with Crippen LogP contribution in [-0.4, -0.2) is 14.5 Å². The summed E-state index contributed by atoms with van der Waals surface area (Å²) in [5, 5.41) is 0. The lowest BCUT2D eigenvalue weighted by molar-refractivity contribution is 0.528. The van der Waals surface area contributed by atoms with Crippen molar-refractivity contribution in [3.63, 3.8) is 0 Å². The van der Waals surface area contributed by atoms with Gasteiger partial charge >= 0.3 is 5.76 Å². The van der Waals surface area contributed by atoms with Crippen molar-refractivity contribution >= 4 is 27.0 Å². The van der Waals surface area contributed by atoms with Crippen LogP contribution in [0.25, 0.3) is 22.4 Å². The molecule has 0 bridgehead atoms. The summed E-state index contributed by atoms with van der Waals surface area (Å²) >= 11 is 3.42. The highest BCUT2D eigenvalue weighted by atomic mass is 79.9. The van der Waals surface area contributed by atoms with Crippen molar-refractivity contribution < 1.29 is 4.42 Å². The number of oxazole rings is 1. The zero-order valence-corrected chi connectivity index (χ0v) is 11.7. The number of aromatic nitrogens is 3. The van der Waals surface area contributed by atoms with E-state index in [2.05, 4.69) is 25.9 Å². The summed E-state index contributed by atoms with van der Waals surface area (Å²) in [6, 6.07) is 5.48. The van der Waals surface area contributed by atoms with E-state index in [0.717, 1.165) is 21.4 Å². The Morgan fingerprint density at radius 1 is 1.53 bits per heavy atom. The van der Waals surface area contributed by atoms with Gasteiger partial charge in [0.05, 0.1) is 12.1 Å². The number of fused-ring (bicyclic) bond motifs is 1. The zero-order valence-electron chi connectivity index (χ0n) is 10.1. The standard InChI is InChI=1S/C12H11BrN4O2/c1-17-7-4-6(2-3-8(7)19-12(17)18)10-11(13)16-9(5-14)15-10/h2-4H,5,14H2,1H3,(H,15,16). The van der Waals surface area contributed by atoms with Gasteiger partial charge in [-0.15, -0.1) is 0 Å². The second-order valence-electron chi connectivity index (χ2n) is 4.16. The van der Waals surface area contributed by atoms with Crippen molar-refractivity contribution in [1.82, 2.24) is 14.5 Å². The van der Waals surface area contributed by atoms with Crippen LogP contribution in [0.2, 0.25) is 0 Å². The minimum Gasteiger partial charge on any atom is -0.408 e. The molecule has 0 amide bonds. The topological polar surface area (TPSA) is 89.8 Å². The van der Waals surface area contributed by atoms with Gasteiger partial charge in [-0.05, 0) is 34.1 Å². The molecular formula is C12H11BrN4O2. The largest absolute Gasteiger partial charge is 0.419 e. The maximum atomic E-state index is 11.5. The third kappa shape index (κ3) is 1.91. The Bertz CT molecular complexity index is 815. The molecule has 0 aliphatic heterocycles. The maximum absolute atomic E-state index is 11.5. The van der Waals surface area contributed by atoms with Crippen molar-refractivity contribution in [2.45, 2.75) is 6.54 Å². The average Bonchev–Trinajstić information content (AvgIpc) is 2.91. The Morgan fingerprint density at radius 2 is 2.32 bits per heavy atom. The van der Waals surface area contributed by atoms with E-state index in [1.165, 1.54) is 4.57 Å². The van der Waals surface area contributed by atoms with Gasteiger partial charge in [-0.1, -0.05) is 0 Å². The number of aromatic amines is 1. The van der Waals surface area contributed by atoms with E-state index in [9.17, 15) is 4.79 Å². The Balaban J connectivity index is 2.22. The molecule has 98 valence electrons. The van der Waals surface area contributed by atoms with Crippen LogP contribution in [0.4, 0.5) is 0 Å². The second-order valence-corrected chi connectivity index (χ2v) is 4.95. The predicted molar refractivity (Wildman–Crippen MR) is 74.6 cm³/mol. The van der Waals surface area contributed by atoms with Crippen molar-refractivity contribution in [3.05, 3.63) is 39.2 Å². The van der Waals surface area contributed by atoms with E-state index in [4.69, 9.17) is 10.2 Å². The first-order chi connectivity index (χ1) is 9.10. The average molecular weight is 323 g/mol. The van der Waals surface area contributed by atoms with Crippen LogP contribution in [0.15, 0.2) is 32.0 Å². The first kappa shape index (κ1) is 12.2. The molecule has 0 spiro atoms. The summed E-state index contributed by atoms with van der Waals surface area (Å²) in [5.41, 5.74) is 8.48. The lowest BCUT2D eigenvalue weighted by Crippen LogP contribution is -2.08. The van der Waals surface area contributed by atoms with E-state index in [-0.39, 0.29) is 5.76 Å². The number of hydrogen-bond acceptors (Lipinski definition) is 4. The molecule has 1 aromatic carbocycles. The number of imidazole rings is 1. The smallest absolute Gasteiger partial charge is 0.408 e. The van der Waals surface area contributed by atoms with Crippen molar-refractivity contribution in [3.8, 4) is 11.3 Å². The number of aryl methyl sites for hydroxylation is 1. The molecule has 0 atom stereocenters. The Morgan fingerprint density at radius 3 is 3.00 bits per heavy atom. The number of nitrogens with one attached hydrogen (secondary N) is 1. The fourth-order valence-electron chi connectivity index (χ4n) is 1.96. The fraction of sp³-hybridized carbons (Fsp3) is 0.167. The molecule has 0 saturated heterocycles. The monoisotopic (exact) mass is 322 g/mol. The van der Waals surface area contributed by atoms with Crippen LogP contribution < -0.4 is 11.5 Å². The summed E-state index contributed by atoms with van der Waals surface area (Å²) in [6.07, 6.45) is 0. The summed E-state index contributed by atoms with van der Waals surface area (Å²) in [4.78, 5) is 18.9. The van der Waals surface area contributed by atoms with Gasteiger partial charge in [-0.25, -0.2) is 9.78 Å². The molecule has 3 N–H and O–H groups in total. The SMILES string of the molecule is Cn1c(=O)oc2ccc(-c3nc(CN)[nH]c3Br)cc21. The molecule has 0 fully saturated rings. The van der Waals surface area contributed by atoms with Crippen LogP contribution in [0.3, 0.4) is 0 Å². The fourth-order valence-corrected chi connectivity index (χ4v) is 2.51. The third-order valence-corrected chi connectivity index (χ3v) is 3.54. The van der Waals surface area contributed by atoms with E-state index in [0.29, 0.717) is 18.0 Å². The molecule has 7 heteroatoms. The Hall–Kier alpha value is -1.86. The molecule has 2 heterocycles. The molecule has 6 nitrogen and oxygen atoms in total. The van der Waals surface area contributed by atoms with Gasteiger partial charge in [0.2, 0.25) is 0 Å². The van der Waals surface area contributed by atoms with E-state index in [1.807, 2.05) is 12.1 Å². The molecule has 0 unspecified atom stereocenters. The van der Waals surface area contributed by atoms with E-state index in [1.54, 1.807) is 13.1 Å². The number of hydrogen-bond donors (Lipinski definition) is 2. The zero-order chi connectivity index (χ0) is 13.6. The summed E-state index contributed by atoms with van der Waals surface area (Å²) < 4.78 is 7.32. The van der Waals surface area contributed by atoms with Crippen molar-refractivity contribution in [2.75, 3.05) is 0 Å². The molecule has 0 radical (unpaired) electrons. The van der Waals surface area contributed by atoms with E-state index < -0.39 is 0 Å². The molecular weight excluding hydrogens is 312 g/mol. The number of benzene rings is 1. The summed E-state index contributed by atoms with van der Waals surface area (Å²) in [6.45, 7) is 0.338. The molecule has 19 heavy (non-hydrogen) atoms. The van der Waals surface area contributed by atoms with Gasteiger partial charge in [-0.3, -0.25) is 4.57 Å². The normalized spacial score (nSPS) is 11.3. The highest BCUT2D eigenvalue weighted by Gasteiger charge is 2.12. The minimum atomic E-state index is -0.379. The highest BCUT2D eigenvalue weighted by Crippen LogP contribution is 2.28. The molecule has 2 aromatic heterocycles. The van der Waals surface area contributed by atoms with Gasteiger partial charge < -0.3 is 15.1 Å². The Kier molecular flexibility index (Phi) is 2.79. The number of rotatable bonds is 2. The molecule has 0 saturated carbocycles. The second kappa shape index (κ2) is 4.36. The highest BCUT2D eigenvalue weighted by molar-refractivity contribution is 9.10. The first-order valence-electron chi connectivity index (χ1n) is 5.64. The van der Waals surface area contributed by atoms with Gasteiger partial charge in [0.15, 0.2) is 5.58 Å². The molecule has 0 aliphatic rings. The summed E-state index contributed by atoms with van der Waals surface area (Å²) in [5.74, 6) is 0.318. The van der Waals surface area contributed by atoms with Crippen LogP contribution in [0.1, 0.15) is 5.82 Å². The van der Waals surface area contributed by atoms with Crippen LogP contribution in [0, 0.1) is 0 Å². The number of nitrogens with zero attached hydrogens (tertiary/aromatic N) is 2. The van der Waals surface area contributed by atoms with Crippen LogP contribution >= 0.6 is 15.9 Å². The Labute approximate surface area is 116 Å². The molecule has 0 aliphatic carbocycles. The van der Waals surface area contributed by atoms with E-state index >= 15 is 0 Å². The first-order valence-corrected chi connectivity index (χ1v) is 6.44. The van der Waals surface area contributed by atoms with Gasteiger partial charge in [0, 0.05) is 12.6 Å². The van der Waals surface area contributed by atoms with Crippen molar-refractivity contribution in [2.24, 2.45) is 12.8 Å². The predicted octanol–water partition coefficient (Wildman–Crippen LogP) is 1.74. The van der Waals surface area contributed by atoms with Gasteiger partial charge in [0.1, 0.15) is 16.1 Å². The lowest BCUT2D eigenvalue weighted by atomic mass is 10.1. The minimum absolute atomic E-state index is 0.338. The van der Waals surface area contributed by atoms with Gasteiger partial charge in [-0.2, -0.15) is 0 Å². The molecule has 3 aromatic rings. The number of nitrogens with two attached hydrogens (primary N) is 1. The quantitative estimate of drug-likeness (QED) is 0.752. The van der Waals surface area contributed by atoms with Crippen LogP contribution in [0.5, 0.6) is 0 Å². The molecule has 3 rings (SSSR count). The lowest BCUT2D eigenvalue weighted by Gasteiger charge is -1.98. The maximum Gasteiger partial charge on any atom is 0.419 e. The number of H-pyrrole nitrogens is 1.